The Hall–Kier alpha value is -2.15. The lowest BCUT2D eigenvalue weighted by molar-refractivity contribution is -0.139. The van der Waals surface area contributed by atoms with Gasteiger partial charge in [0.25, 0.3) is 5.91 Å². The van der Waals surface area contributed by atoms with E-state index in [9.17, 15) is 9.59 Å². The van der Waals surface area contributed by atoms with Crippen LogP contribution in [0.15, 0.2) is 42.5 Å². The number of nitrogens with zero attached hydrogens (tertiary/aromatic N) is 2. The van der Waals surface area contributed by atoms with Gasteiger partial charge in [-0.05, 0) is 31.2 Å². The molecule has 0 bridgehead atoms. The van der Waals surface area contributed by atoms with E-state index < -0.39 is 12.1 Å². The number of amides is 1. The number of esters is 1. The highest BCUT2D eigenvalue weighted by atomic mass is 35.5. The van der Waals surface area contributed by atoms with Gasteiger partial charge in [-0.1, -0.05) is 41.4 Å². The molecular formula is C19H16Cl2N2O3S. The Morgan fingerprint density at radius 1 is 1.15 bits per heavy atom. The van der Waals surface area contributed by atoms with Crippen LogP contribution >= 0.6 is 34.5 Å². The topological polar surface area (TPSA) is 59.5 Å². The highest BCUT2D eigenvalue weighted by Crippen LogP contribution is 2.26. The van der Waals surface area contributed by atoms with Crippen LogP contribution in [-0.2, 0) is 16.1 Å². The number of fused-ring (bicyclic) bond motifs is 1. The number of para-hydroxylation sites is 1. The Labute approximate surface area is 170 Å². The van der Waals surface area contributed by atoms with Gasteiger partial charge in [0, 0.05) is 7.05 Å². The van der Waals surface area contributed by atoms with E-state index in [0.29, 0.717) is 6.54 Å². The van der Waals surface area contributed by atoms with Crippen LogP contribution in [0.2, 0.25) is 10.0 Å². The van der Waals surface area contributed by atoms with E-state index in [1.807, 2.05) is 24.3 Å². The van der Waals surface area contributed by atoms with E-state index in [4.69, 9.17) is 27.9 Å². The molecule has 0 aliphatic heterocycles. The summed E-state index contributed by atoms with van der Waals surface area (Å²) in [6.07, 6.45) is -0.982. The summed E-state index contributed by atoms with van der Waals surface area (Å²) in [6, 6.07) is 12.5. The van der Waals surface area contributed by atoms with E-state index in [-0.39, 0.29) is 21.5 Å². The molecule has 27 heavy (non-hydrogen) atoms. The number of benzene rings is 2. The second-order valence-electron chi connectivity index (χ2n) is 5.91. The van der Waals surface area contributed by atoms with Gasteiger partial charge in [0.05, 0.1) is 32.4 Å². The Balaban J connectivity index is 1.66. The third-order valence-electron chi connectivity index (χ3n) is 3.89. The van der Waals surface area contributed by atoms with Crippen molar-refractivity contribution in [2.45, 2.75) is 19.6 Å². The molecule has 3 rings (SSSR count). The molecular weight excluding hydrogens is 407 g/mol. The molecule has 1 unspecified atom stereocenters. The van der Waals surface area contributed by atoms with Crippen molar-refractivity contribution >= 4 is 56.6 Å². The van der Waals surface area contributed by atoms with Crippen molar-refractivity contribution in [2.75, 3.05) is 7.05 Å². The molecule has 0 saturated carbocycles. The average Bonchev–Trinajstić information content (AvgIpc) is 3.02. The molecule has 8 heteroatoms. The molecule has 2 aromatic carbocycles. The molecule has 3 aromatic rings. The predicted molar refractivity (Wildman–Crippen MR) is 107 cm³/mol. The number of likely N-dealkylation sites (N-methyl/N-ethyl adjacent to an activating group) is 1. The number of ether oxygens (including phenoxy) is 1. The highest BCUT2D eigenvalue weighted by molar-refractivity contribution is 7.18. The number of rotatable bonds is 5. The van der Waals surface area contributed by atoms with Crippen LogP contribution in [0.4, 0.5) is 0 Å². The summed E-state index contributed by atoms with van der Waals surface area (Å²) in [5.41, 5.74) is 0.945. The maximum absolute atomic E-state index is 12.6. The van der Waals surface area contributed by atoms with Gasteiger partial charge < -0.3 is 9.64 Å². The van der Waals surface area contributed by atoms with E-state index in [0.717, 1.165) is 15.2 Å². The molecule has 0 N–H and O–H groups in total. The molecule has 0 radical (unpaired) electrons. The van der Waals surface area contributed by atoms with E-state index in [1.54, 1.807) is 13.1 Å². The zero-order valence-corrected chi connectivity index (χ0v) is 16.9. The van der Waals surface area contributed by atoms with Crippen molar-refractivity contribution in [1.29, 1.82) is 0 Å². The average molecular weight is 423 g/mol. The van der Waals surface area contributed by atoms with Gasteiger partial charge in [-0.2, -0.15) is 0 Å². The third-order valence-corrected chi connectivity index (χ3v) is 5.54. The normalized spacial score (nSPS) is 12.0. The fourth-order valence-electron chi connectivity index (χ4n) is 2.54. The van der Waals surface area contributed by atoms with Crippen LogP contribution in [0.25, 0.3) is 10.2 Å². The van der Waals surface area contributed by atoms with Gasteiger partial charge in [0.2, 0.25) is 0 Å². The molecule has 1 atom stereocenters. The summed E-state index contributed by atoms with van der Waals surface area (Å²) in [4.78, 5) is 30.9. The van der Waals surface area contributed by atoms with Crippen LogP contribution in [0, 0.1) is 0 Å². The summed E-state index contributed by atoms with van der Waals surface area (Å²) in [5, 5.41) is 1.16. The summed E-state index contributed by atoms with van der Waals surface area (Å²) < 4.78 is 6.32. The Bertz CT molecular complexity index is 952. The molecule has 0 saturated heterocycles. The molecule has 140 valence electrons. The minimum absolute atomic E-state index is 0.0503. The van der Waals surface area contributed by atoms with Gasteiger partial charge >= 0.3 is 5.97 Å². The number of thiazole rings is 1. The van der Waals surface area contributed by atoms with Crippen LogP contribution in [-0.4, -0.2) is 34.9 Å². The standard InChI is InChI=1S/C19H16Cl2N2O3S/c1-11(26-19(25)17-12(20)6-5-7-13(17)21)18(24)23(2)10-16-22-14-8-3-4-9-15(14)27-16/h3-9,11H,10H2,1-2H3. The lowest BCUT2D eigenvalue weighted by Gasteiger charge is -2.20. The molecule has 1 amide bonds. The minimum atomic E-state index is -0.982. The number of halogens is 2. The summed E-state index contributed by atoms with van der Waals surface area (Å²) in [7, 11) is 1.64. The number of aromatic nitrogens is 1. The SMILES string of the molecule is CC(OC(=O)c1c(Cl)cccc1Cl)C(=O)N(C)Cc1nc2ccccc2s1. The number of hydrogen-bond donors (Lipinski definition) is 0. The minimum Gasteiger partial charge on any atom is -0.449 e. The molecule has 0 aliphatic carbocycles. The van der Waals surface area contributed by atoms with Crippen LogP contribution in [0.1, 0.15) is 22.3 Å². The zero-order chi connectivity index (χ0) is 19.6. The van der Waals surface area contributed by atoms with Gasteiger partial charge in [0.1, 0.15) is 5.01 Å². The van der Waals surface area contributed by atoms with Crippen molar-refractivity contribution < 1.29 is 14.3 Å². The summed E-state index contributed by atoms with van der Waals surface area (Å²) >= 11 is 13.5. The Morgan fingerprint density at radius 2 is 1.81 bits per heavy atom. The van der Waals surface area contributed by atoms with Crippen molar-refractivity contribution in [3.05, 3.63) is 63.1 Å². The number of carbonyl (C=O) groups excluding carboxylic acids is 2. The Kier molecular flexibility index (Phi) is 5.99. The van der Waals surface area contributed by atoms with Gasteiger partial charge in [0.15, 0.2) is 6.10 Å². The quantitative estimate of drug-likeness (QED) is 0.553. The largest absolute Gasteiger partial charge is 0.449 e. The fraction of sp³-hybridized carbons (Fsp3) is 0.211. The van der Waals surface area contributed by atoms with Crippen molar-refractivity contribution in [2.24, 2.45) is 0 Å². The summed E-state index contributed by atoms with van der Waals surface area (Å²) in [6.45, 7) is 1.84. The van der Waals surface area contributed by atoms with Crippen LogP contribution < -0.4 is 0 Å². The second-order valence-corrected chi connectivity index (χ2v) is 7.84. The first kappa shape index (κ1) is 19.6. The molecule has 0 fully saturated rings. The van der Waals surface area contributed by atoms with E-state index in [1.165, 1.54) is 35.3 Å². The monoisotopic (exact) mass is 422 g/mol. The van der Waals surface area contributed by atoms with Crippen LogP contribution in [0.5, 0.6) is 0 Å². The van der Waals surface area contributed by atoms with Crippen molar-refractivity contribution in [1.82, 2.24) is 9.88 Å². The van der Waals surface area contributed by atoms with E-state index in [2.05, 4.69) is 4.98 Å². The molecule has 5 nitrogen and oxygen atoms in total. The first-order chi connectivity index (χ1) is 12.9. The maximum atomic E-state index is 12.6. The predicted octanol–water partition coefficient (Wildman–Crippen LogP) is 4.81. The second kappa shape index (κ2) is 8.25. The first-order valence-electron chi connectivity index (χ1n) is 8.11. The van der Waals surface area contributed by atoms with E-state index >= 15 is 0 Å². The molecule has 1 aromatic heterocycles. The number of carbonyl (C=O) groups is 2. The van der Waals surface area contributed by atoms with Gasteiger partial charge in [-0.25, -0.2) is 9.78 Å². The lowest BCUT2D eigenvalue weighted by Crippen LogP contribution is -2.37. The molecule has 0 spiro atoms. The number of hydrogen-bond acceptors (Lipinski definition) is 5. The lowest BCUT2D eigenvalue weighted by atomic mass is 10.2. The molecule has 1 heterocycles. The van der Waals surface area contributed by atoms with Crippen molar-refractivity contribution in [3.63, 3.8) is 0 Å². The maximum Gasteiger partial charge on any atom is 0.341 e. The van der Waals surface area contributed by atoms with Gasteiger partial charge in [-0.3, -0.25) is 4.79 Å². The first-order valence-corrected chi connectivity index (χ1v) is 9.68. The Morgan fingerprint density at radius 3 is 2.48 bits per heavy atom. The third kappa shape index (κ3) is 4.40. The fourth-order valence-corrected chi connectivity index (χ4v) is 4.11. The summed E-state index contributed by atoms with van der Waals surface area (Å²) in [5.74, 6) is -1.08. The smallest absolute Gasteiger partial charge is 0.341 e. The van der Waals surface area contributed by atoms with Gasteiger partial charge in [-0.15, -0.1) is 11.3 Å². The molecule has 0 aliphatic rings. The van der Waals surface area contributed by atoms with Crippen molar-refractivity contribution in [3.8, 4) is 0 Å². The highest BCUT2D eigenvalue weighted by Gasteiger charge is 2.25. The zero-order valence-electron chi connectivity index (χ0n) is 14.6. The van der Waals surface area contributed by atoms with Crippen LogP contribution in [0.3, 0.4) is 0 Å².